The van der Waals surface area contributed by atoms with Crippen LogP contribution in [-0.4, -0.2) is 51.2 Å². The van der Waals surface area contributed by atoms with Crippen LogP contribution in [-0.2, 0) is 17.8 Å². The number of aromatic nitrogens is 3. The summed E-state index contributed by atoms with van der Waals surface area (Å²) >= 11 is 0. The van der Waals surface area contributed by atoms with Crippen LogP contribution in [0.25, 0.3) is 0 Å². The molecule has 2 aliphatic heterocycles. The van der Waals surface area contributed by atoms with Crippen LogP contribution in [0.3, 0.4) is 0 Å². The largest absolute Gasteiger partial charge is 0.365 e. The van der Waals surface area contributed by atoms with E-state index in [2.05, 4.69) is 57.8 Å². The van der Waals surface area contributed by atoms with E-state index in [0.29, 0.717) is 12.5 Å². The van der Waals surface area contributed by atoms with Crippen molar-refractivity contribution in [2.45, 2.75) is 39.8 Å². The SMILES string of the molecule is Cc1cccc(N2CCN(C(=O)C3Cc4nnc(C)n4C3)CC2C)c1. The molecule has 6 heteroatoms. The average Bonchev–Trinajstić information content (AvgIpc) is 3.16. The van der Waals surface area contributed by atoms with E-state index in [4.69, 9.17) is 0 Å². The summed E-state index contributed by atoms with van der Waals surface area (Å²) in [5.74, 6) is 2.13. The lowest BCUT2D eigenvalue weighted by molar-refractivity contribution is -0.136. The van der Waals surface area contributed by atoms with E-state index in [0.717, 1.165) is 37.8 Å². The molecule has 1 saturated heterocycles. The number of aryl methyl sites for hydroxylation is 2. The molecule has 1 amide bonds. The normalized spacial score (nSPS) is 23.0. The zero-order valence-corrected chi connectivity index (χ0v) is 15.1. The molecular formula is C19H25N5O. The zero-order chi connectivity index (χ0) is 17.6. The van der Waals surface area contributed by atoms with Gasteiger partial charge in [-0.2, -0.15) is 0 Å². The molecule has 1 aromatic heterocycles. The number of benzene rings is 1. The molecule has 2 aliphatic rings. The maximum Gasteiger partial charge on any atom is 0.228 e. The molecule has 132 valence electrons. The van der Waals surface area contributed by atoms with Crippen LogP contribution in [0.5, 0.6) is 0 Å². The van der Waals surface area contributed by atoms with Crippen molar-refractivity contribution in [2.24, 2.45) is 5.92 Å². The highest BCUT2D eigenvalue weighted by molar-refractivity contribution is 5.80. The Bertz CT molecular complexity index is 799. The van der Waals surface area contributed by atoms with Gasteiger partial charge in [0.15, 0.2) is 0 Å². The first-order valence-corrected chi connectivity index (χ1v) is 9.03. The van der Waals surface area contributed by atoms with Crippen molar-refractivity contribution in [3.05, 3.63) is 41.5 Å². The van der Waals surface area contributed by atoms with Crippen LogP contribution in [0.1, 0.15) is 24.1 Å². The Morgan fingerprint density at radius 1 is 1.16 bits per heavy atom. The molecule has 0 N–H and O–H groups in total. The van der Waals surface area contributed by atoms with Crippen molar-refractivity contribution in [3.8, 4) is 0 Å². The van der Waals surface area contributed by atoms with Crippen LogP contribution in [0.2, 0.25) is 0 Å². The Balaban J connectivity index is 1.42. The van der Waals surface area contributed by atoms with Crippen LogP contribution < -0.4 is 4.90 Å². The van der Waals surface area contributed by atoms with Gasteiger partial charge in [0.05, 0.1) is 5.92 Å². The molecule has 2 unspecified atom stereocenters. The Kier molecular flexibility index (Phi) is 3.98. The number of nitrogens with zero attached hydrogens (tertiary/aromatic N) is 5. The van der Waals surface area contributed by atoms with E-state index in [1.54, 1.807) is 0 Å². The minimum Gasteiger partial charge on any atom is -0.365 e. The van der Waals surface area contributed by atoms with E-state index in [1.807, 2.05) is 11.8 Å². The minimum absolute atomic E-state index is 0.0157. The third-order valence-corrected chi connectivity index (χ3v) is 5.47. The molecule has 0 saturated carbocycles. The predicted molar refractivity (Wildman–Crippen MR) is 96.5 cm³/mol. The van der Waals surface area contributed by atoms with Gasteiger partial charge in [-0.15, -0.1) is 10.2 Å². The second-order valence-corrected chi connectivity index (χ2v) is 7.34. The number of hydrogen-bond acceptors (Lipinski definition) is 4. The van der Waals surface area contributed by atoms with E-state index in [-0.39, 0.29) is 11.8 Å². The third kappa shape index (κ3) is 2.90. The highest BCUT2D eigenvalue weighted by Crippen LogP contribution is 2.25. The summed E-state index contributed by atoms with van der Waals surface area (Å²) in [7, 11) is 0. The molecule has 1 aromatic carbocycles. The minimum atomic E-state index is 0.0157. The fourth-order valence-corrected chi connectivity index (χ4v) is 4.09. The number of amides is 1. The monoisotopic (exact) mass is 339 g/mol. The van der Waals surface area contributed by atoms with Crippen LogP contribution >= 0.6 is 0 Å². The van der Waals surface area contributed by atoms with Gasteiger partial charge < -0.3 is 14.4 Å². The van der Waals surface area contributed by atoms with Crippen molar-refractivity contribution in [3.63, 3.8) is 0 Å². The summed E-state index contributed by atoms with van der Waals surface area (Å²) in [6.07, 6.45) is 0.714. The number of carbonyl (C=O) groups excluding carboxylic acids is 1. The summed E-state index contributed by atoms with van der Waals surface area (Å²) in [5.41, 5.74) is 2.52. The van der Waals surface area contributed by atoms with Crippen LogP contribution in [0.15, 0.2) is 24.3 Å². The van der Waals surface area contributed by atoms with Crippen molar-refractivity contribution in [2.75, 3.05) is 24.5 Å². The number of rotatable bonds is 2. The zero-order valence-electron chi connectivity index (χ0n) is 15.1. The Morgan fingerprint density at radius 3 is 2.72 bits per heavy atom. The second-order valence-electron chi connectivity index (χ2n) is 7.34. The van der Waals surface area contributed by atoms with Gasteiger partial charge >= 0.3 is 0 Å². The molecular weight excluding hydrogens is 314 g/mol. The predicted octanol–water partition coefficient (Wildman–Crippen LogP) is 1.80. The summed E-state index contributed by atoms with van der Waals surface area (Å²) in [6.45, 7) is 9.44. The maximum absolute atomic E-state index is 13.0. The van der Waals surface area contributed by atoms with E-state index < -0.39 is 0 Å². The molecule has 3 heterocycles. The molecule has 0 aliphatic carbocycles. The fourth-order valence-electron chi connectivity index (χ4n) is 4.09. The quantitative estimate of drug-likeness (QED) is 0.837. The van der Waals surface area contributed by atoms with Gasteiger partial charge in [0.25, 0.3) is 0 Å². The summed E-state index contributed by atoms with van der Waals surface area (Å²) < 4.78 is 2.08. The number of anilines is 1. The number of hydrogen-bond donors (Lipinski definition) is 0. The molecule has 0 radical (unpaired) electrons. The van der Waals surface area contributed by atoms with Crippen molar-refractivity contribution < 1.29 is 4.79 Å². The van der Waals surface area contributed by atoms with Crippen molar-refractivity contribution in [1.29, 1.82) is 0 Å². The van der Waals surface area contributed by atoms with Gasteiger partial charge in [-0.05, 0) is 38.5 Å². The van der Waals surface area contributed by atoms with Crippen LogP contribution in [0, 0.1) is 19.8 Å². The first kappa shape index (κ1) is 16.1. The van der Waals surface area contributed by atoms with E-state index in [9.17, 15) is 4.79 Å². The van der Waals surface area contributed by atoms with Gasteiger partial charge in [0.1, 0.15) is 11.6 Å². The smallest absolute Gasteiger partial charge is 0.228 e. The number of piperazine rings is 1. The first-order valence-electron chi connectivity index (χ1n) is 9.03. The van der Waals surface area contributed by atoms with Crippen molar-refractivity contribution >= 4 is 11.6 Å². The molecule has 6 nitrogen and oxygen atoms in total. The summed E-state index contributed by atoms with van der Waals surface area (Å²) in [6, 6.07) is 8.92. The topological polar surface area (TPSA) is 54.3 Å². The molecule has 0 spiro atoms. The Labute approximate surface area is 148 Å². The second kappa shape index (κ2) is 6.17. The lowest BCUT2D eigenvalue weighted by atomic mass is 10.0. The highest BCUT2D eigenvalue weighted by Gasteiger charge is 2.35. The lowest BCUT2D eigenvalue weighted by Gasteiger charge is -2.42. The molecule has 4 rings (SSSR count). The number of carbonyl (C=O) groups is 1. The summed E-state index contributed by atoms with van der Waals surface area (Å²) in [5, 5.41) is 8.27. The van der Waals surface area contributed by atoms with Crippen LogP contribution in [0.4, 0.5) is 5.69 Å². The highest BCUT2D eigenvalue weighted by atomic mass is 16.2. The first-order chi connectivity index (χ1) is 12.0. The van der Waals surface area contributed by atoms with Gasteiger partial charge in [0.2, 0.25) is 5.91 Å². The van der Waals surface area contributed by atoms with E-state index in [1.165, 1.54) is 11.3 Å². The lowest BCUT2D eigenvalue weighted by Crippen LogP contribution is -2.55. The molecule has 0 bridgehead atoms. The number of fused-ring (bicyclic) bond motifs is 1. The van der Waals surface area contributed by atoms with Gasteiger partial charge in [-0.3, -0.25) is 4.79 Å². The molecule has 1 fully saturated rings. The third-order valence-electron chi connectivity index (χ3n) is 5.47. The van der Waals surface area contributed by atoms with Gasteiger partial charge in [-0.25, -0.2) is 0 Å². The summed E-state index contributed by atoms with van der Waals surface area (Å²) in [4.78, 5) is 17.4. The van der Waals surface area contributed by atoms with Crippen molar-refractivity contribution in [1.82, 2.24) is 19.7 Å². The fraction of sp³-hybridized carbons (Fsp3) is 0.526. The Hall–Kier alpha value is -2.37. The average molecular weight is 339 g/mol. The van der Waals surface area contributed by atoms with Gasteiger partial charge in [0, 0.05) is 44.3 Å². The van der Waals surface area contributed by atoms with Gasteiger partial charge in [-0.1, -0.05) is 12.1 Å². The maximum atomic E-state index is 13.0. The molecule has 25 heavy (non-hydrogen) atoms. The Morgan fingerprint density at radius 2 is 2.00 bits per heavy atom. The van der Waals surface area contributed by atoms with E-state index >= 15 is 0 Å². The standard InChI is InChI=1S/C19H25N5O/c1-13-5-4-6-17(9-13)23-8-7-22(11-14(23)2)19(25)16-10-18-21-20-15(3)24(18)12-16/h4-6,9,14,16H,7-8,10-12H2,1-3H3. The molecule has 2 atom stereocenters. The molecule has 2 aromatic rings.